The number of sulfonamides is 1. The third kappa shape index (κ3) is 3.37. The Morgan fingerprint density at radius 1 is 1.33 bits per heavy atom. The highest BCUT2D eigenvalue weighted by Crippen LogP contribution is 2.44. The van der Waals surface area contributed by atoms with E-state index in [1.54, 1.807) is 12.1 Å². The van der Waals surface area contributed by atoms with Gasteiger partial charge in [-0.2, -0.15) is 0 Å². The standard InChI is InChI=1S/C21H23ClN4O3S/c1-21-16-10-13(11-18(27)17-9-8-15(22)12-24-17)6-7-14(16)4-3-5-19(21)30(28,29)26(2)20(23)25-21/h6-10,12,19H,3-5,11H2,1-2H3,(H2,23,25)/t19-,21+/m0/s1. The summed E-state index contributed by atoms with van der Waals surface area (Å²) in [6.07, 6.45) is 3.58. The highest BCUT2D eigenvalue weighted by Gasteiger charge is 2.51. The van der Waals surface area contributed by atoms with Gasteiger partial charge in [0.15, 0.2) is 5.78 Å². The number of aliphatic imine (C=N–C) groups is 1. The number of aromatic nitrogens is 1. The van der Waals surface area contributed by atoms with Crippen molar-refractivity contribution >= 4 is 33.4 Å². The lowest BCUT2D eigenvalue weighted by Gasteiger charge is -2.41. The van der Waals surface area contributed by atoms with E-state index in [4.69, 9.17) is 17.3 Å². The second-order valence-corrected chi connectivity index (χ2v) is 10.5. The van der Waals surface area contributed by atoms with Crippen LogP contribution in [0.15, 0.2) is 41.5 Å². The minimum absolute atomic E-state index is 0.0200. The van der Waals surface area contributed by atoms with Gasteiger partial charge in [0.2, 0.25) is 16.0 Å². The second kappa shape index (κ2) is 7.35. The third-order valence-corrected chi connectivity index (χ3v) is 8.64. The van der Waals surface area contributed by atoms with E-state index >= 15 is 0 Å². The van der Waals surface area contributed by atoms with Crippen LogP contribution in [0.2, 0.25) is 5.02 Å². The molecule has 2 aliphatic rings. The topological polar surface area (TPSA) is 106 Å². The zero-order chi connectivity index (χ0) is 21.7. The van der Waals surface area contributed by atoms with Crippen molar-refractivity contribution in [3.8, 4) is 0 Å². The molecule has 2 heterocycles. The Balaban J connectivity index is 1.76. The van der Waals surface area contributed by atoms with E-state index in [1.807, 2.05) is 25.1 Å². The van der Waals surface area contributed by atoms with Crippen molar-refractivity contribution in [3.63, 3.8) is 0 Å². The largest absolute Gasteiger partial charge is 0.369 e. The Hall–Kier alpha value is -2.45. The average Bonchev–Trinajstić information content (AvgIpc) is 2.84. The lowest BCUT2D eigenvalue weighted by atomic mass is 9.84. The van der Waals surface area contributed by atoms with Gasteiger partial charge in [-0.15, -0.1) is 0 Å². The highest BCUT2D eigenvalue weighted by atomic mass is 35.5. The Kier molecular flexibility index (Phi) is 5.10. The van der Waals surface area contributed by atoms with E-state index < -0.39 is 20.8 Å². The minimum Gasteiger partial charge on any atom is -0.369 e. The first kappa shape index (κ1) is 20.8. The van der Waals surface area contributed by atoms with Crippen molar-refractivity contribution < 1.29 is 13.2 Å². The number of carbonyl (C=O) groups excluding carboxylic acids is 1. The number of Topliss-reactive ketones (excluding diaryl/α,β-unsaturated/α-hetero) is 1. The molecule has 30 heavy (non-hydrogen) atoms. The van der Waals surface area contributed by atoms with E-state index in [1.165, 1.54) is 13.2 Å². The van der Waals surface area contributed by atoms with Gasteiger partial charge < -0.3 is 5.73 Å². The number of carbonyl (C=O) groups is 1. The van der Waals surface area contributed by atoms with Crippen LogP contribution in [0.25, 0.3) is 0 Å². The molecule has 2 aromatic rings. The zero-order valence-corrected chi connectivity index (χ0v) is 18.4. The number of pyridine rings is 1. The maximum Gasteiger partial charge on any atom is 0.242 e. The van der Waals surface area contributed by atoms with Gasteiger partial charge in [0, 0.05) is 19.7 Å². The molecule has 9 heteroatoms. The normalized spacial score (nSPS) is 25.0. The molecular formula is C21H23ClN4O3S. The Morgan fingerprint density at radius 3 is 2.80 bits per heavy atom. The van der Waals surface area contributed by atoms with Crippen LogP contribution in [0.1, 0.15) is 46.9 Å². The molecule has 0 fully saturated rings. The van der Waals surface area contributed by atoms with Crippen molar-refractivity contribution in [3.05, 3.63) is 63.9 Å². The molecule has 1 aromatic carbocycles. The molecule has 2 N–H and O–H groups in total. The summed E-state index contributed by atoms with van der Waals surface area (Å²) in [5, 5.41) is -0.234. The molecule has 0 radical (unpaired) electrons. The molecule has 0 saturated carbocycles. The van der Waals surface area contributed by atoms with Crippen LogP contribution < -0.4 is 5.73 Å². The fourth-order valence-electron chi connectivity index (χ4n) is 4.37. The van der Waals surface area contributed by atoms with Gasteiger partial charge in [0.1, 0.15) is 16.5 Å². The fourth-order valence-corrected chi connectivity index (χ4v) is 6.39. The SMILES string of the molecule is CN1C(N)=N[C@]2(C)c3cc(CC(=O)c4ccc(Cl)cn4)ccc3CCC[C@@H]2S1(=O)=O. The lowest BCUT2D eigenvalue weighted by molar-refractivity contribution is 0.0988. The fraction of sp³-hybridized carbons (Fsp3) is 0.381. The summed E-state index contributed by atoms with van der Waals surface area (Å²) in [5.41, 5.74) is 7.96. The Bertz CT molecular complexity index is 1150. The number of halogens is 1. The molecule has 4 rings (SSSR count). The number of fused-ring (bicyclic) bond motifs is 3. The van der Waals surface area contributed by atoms with Gasteiger partial charge in [0.25, 0.3) is 0 Å². The van der Waals surface area contributed by atoms with E-state index in [2.05, 4.69) is 9.98 Å². The predicted octanol–water partition coefficient (Wildman–Crippen LogP) is 2.67. The number of rotatable bonds is 3. The second-order valence-electron chi connectivity index (χ2n) is 7.96. The van der Waals surface area contributed by atoms with Gasteiger partial charge in [-0.05, 0) is 55.0 Å². The molecule has 0 spiro atoms. The quantitative estimate of drug-likeness (QED) is 0.729. The number of hydrogen-bond acceptors (Lipinski definition) is 6. The molecule has 1 aromatic heterocycles. The van der Waals surface area contributed by atoms with Crippen LogP contribution in [-0.4, -0.2) is 41.7 Å². The van der Waals surface area contributed by atoms with Gasteiger partial charge >= 0.3 is 0 Å². The molecule has 2 atom stereocenters. The van der Waals surface area contributed by atoms with E-state index in [0.29, 0.717) is 17.1 Å². The summed E-state index contributed by atoms with van der Waals surface area (Å²) in [6.45, 7) is 1.82. The van der Waals surface area contributed by atoms with Crippen molar-refractivity contribution in [2.75, 3.05) is 7.05 Å². The van der Waals surface area contributed by atoms with Crippen LogP contribution >= 0.6 is 11.6 Å². The van der Waals surface area contributed by atoms with Gasteiger partial charge in [-0.25, -0.2) is 17.7 Å². The number of nitrogens with two attached hydrogens (primary N) is 1. The van der Waals surface area contributed by atoms with Crippen molar-refractivity contribution in [1.29, 1.82) is 0 Å². The van der Waals surface area contributed by atoms with Crippen molar-refractivity contribution in [2.24, 2.45) is 10.7 Å². The molecule has 1 aliphatic carbocycles. The molecule has 7 nitrogen and oxygen atoms in total. The monoisotopic (exact) mass is 446 g/mol. The summed E-state index contributed by atoms with van der Waals surface area (Å²) in [6, 6.07) is 9.01. The number of nitrogens with zero attached hydrogens (tertiary/aromatic N) is 3. The maximum atomic E-state index is 13.1. The first-order chi connectivity index (χ1) is 14.1. The summed E-state index contributed by atoms with van der Waals surface area (Å²) < 4.78 is 27.3. The Labute approximate surface area is 181 Å². The summed E-state index contributed by atoms with van der Waals surface area (Å²) in [4.78, 5) is 21.4. The number of ketones is 1. The molecular weight excluding hydrogens is 424 g/mol. The van der Waals surface area contributed by atoms with E-state index in [0.717, 1.165) is 33.8 Å². The first-order valence-corrected chi connectivity index (χ1v) is 11.6. The molecule has 0 amide bonds. The molecule has 0 unspecified atom stereocenters. The third-order valence-electron chi connectivity index (χ3n) is 6.05. The molecule has 0 saturated heterocycles. The molecule has 158 valence electrons. The summed E-state index contributed by atoms with van der Waals surface area (Å²) in [7, 11) is -2.19. The van der Waals surface area contributed by atoms with Gasteiger partial charge in [-0.3, -0.25) is 9.78 Å². The number of aryl methyl sites for hydroxylation is 1. The van der Waals surface area contributed by atoms with Crippen LogP contribution in [0.5, 0.6) is 0 Å². The number of hydrogen-bond donors (Lipinski definition) is 1. The smallest absolute Gasteiger partial charge is 0.242 e. The van der Waals surface area contributed by atoms with Gasteiger partial charge in [0.05, 0.1) is 5.02 Å². The number of benzene rings is 1. The summed E-state index contributed by atoms with van der Waals surface area (Å²) in [5.74, 6) is -0.158. The Morgan fingerprint density at radius 2 is 2.10 bits per heavy atom. The average molecular weight is 447 g/mol. The number of guanidine groups is 1. The minimum atomic E-state index is -3.63. The first-order valence-electron chi connectivity index (χ1n) is 9.73. The van der Waals surface area contributed by atoms with E-state index in [-0.39, 0.29) is 18.2 Å². The van der Waals surface area contributed by atoms with Gasteiger partial charge in [-0.1, -0.05) is 29.8 Å². The van der Waals surface area contributed by atoms with Crippen LogP contribution in [0, 0.1) is 0 Å². The van der Waals surface area contributed by atoms with Crippen LogP contribution in [0.4, 0.5) is 0 Å². The lowest BCUT2D eigenvalue weighted by Crippen LogP contribution is -2.56. The maximum absolute atomic E-state index is 13.1. The van der Waals surface area contributed by atoms with Crippen molar-refractivity contribution in [2.45, 2.75) is 43.4 Å². The molecule has 0 bridgehead atoms. The van der Waals surface area contributed by atoms with E-state index in [9.17, 15) is 13.2 Å². The van der Waals surface area contributed by atoms with Crippen LogP contribution in [0.3, 0.4) is 0 Å². The van der Waals surface area contributed by atoms with Crippen molar-refractivity contribution in [1.82, 2.24) is 9.29 Å². The summed E-state index contributed by atoms with van der Waals surface area (Å²) >= 11 is 5.85. The zero-order valence-electron chi connectivity index (χ0n) is 16.8. The van der Waals surface area contributed by atoms with Crippen LogP contribution in [-0.2, 0) is 28.4 Å². The molecule has 1 aliphatic heterocycles. The highest BCUT2D eigenvalue weighted by molar-refractivity contribution is 7.90. The predicted molar refractivity (Wildman–Crippen MR) is 116 cm³/mol.